The second kappa shape index (κ2) is 8.06. The first-order valence-electron chi connectivity index (χ1n) is 8.67. The van der Waals surface area contributed by atoms with Crippen LogP contribution in [0.15, 0.2) is 29.2 Å². The molecular formula is C19H23NO4S. The summed E-state index contributed by atoms with van der Waals surface area (Å²) in [5.41, 5.74) is 1.18. The van der Waals surface area contributed by atoms with Gasteiger partial charge in [-0.05, 0) is 30.5 Å². The van der Waals surface area contributed by atoms with Gasteiger partial charge in [-0.1, -0.05) is 31.4 Å². The standard InChI is InChI=1S/C19H23NO4S/c1-24-15-9-7-13(8-10-15)16-17(25-12-11-21)19(23)20(18(16)22)14-5-3-2-4-6-14/h7-10,14,21H,2-6,11-12H2,1H3. The van der Waals surface area contributed by atoms with Crippen molar-refractivity contribution in [3.8, 4) is 5.75 Å². The van der Waals surface area contributed by atoms with Crippen LogP contribution in [-0.2, 0) is 9.59 Å². The Hall–Kier alpha value is -1.79. The first-order valence-corrected chi connectivity index (χ1v) is 9.66. The van der Waals surface area contributed by atoms with E-state index in [4.69, 9.17) is 9.84 Å². The minimum atomic E-state index is -0.207. The van der Waals surface area contributed by atoms with Crippen molar-refractivity contribution in [2.24, 2.45) is 0 Å². The van der Waals surface area contributed by atoms with Crippen LogP contribution in [0, 0.1) is 0 Å². The molecule has 25 heavy (non-hydrogen) atoms. The van der Waals surface area contributed by atoms with Crippen molar-refractivity contribution in [1.82, 2.24) is 4.90 Å². The molecular weight excluding hydrogens is 338 g/mol. The van der Waals surface area contributed by atoms with Crippen molar-refractivity contribution >= 4 is 29.1 Å². The number of thioether (sulfide) groups is 1. The maximum absolute atomic E-state index is 13.1. The maximum atomic E-state index is 13.1. The first-order chi connectivity index (χ1) is 12.2. The molecule has 1 saturated carbocycles. The third-order valence-electron chi connectivity index (χ3n) is 4.73. The van der Waals surface area contributed by atoms with E-state index in [1.54, 1.807) is 19.2 Å². The molecule has 1 N–H and O–H groups in total. The van der Waals surface area contributed by atoms with E-state index >= 15 is 0 Å². The number of aliphatic hydroxyl groups is 1. The Labute approximate surface area is 152 Å². The summed E-state index contributed by atoms with van der Waals surface area (Å²) in [6.45, 7) is -0.0328. The van der Waals surface area contributed by atoms with Gasteiger partial charge in [-0.25, -0.2) is 0 Å². The van der Waals surface area contributed by atoms with Crippen LogP contribution in [0.5, 0.6) is 5.75 Å². The number of hydrogen-bond donors (Lipinski definition) is 1. The summed E-state index contributed by atoms with van der Waals surface area (Å²) in [5.74, 6) is 0.686. The van der Waals surface area contributed by atoms with E-state index in [2.05, 4.69) is 0 Å². The zero-order valence-electron chi connectivity index (χ0n) is 14.4. The van der Waals surface area contributed by atoms with Crippen molar-refractivity contribution in [1.29, 1.82) is 0 Å². The normalized spacial score (nSPS) is 19.0. The highest BCUT2D eigenvalue weighted by atomic mass is 32.2. The molecule has 0 bridgehead atoms. The lowest BCUT2D eigenvalue weighted by Crippen LogP contribution is -2.42. The zero-order valence-corrected chi connectivity index (χ0v) is 15.2. The number of aliphatic hydroxyl groups excluding tert-OH is 1. The smallest absolute Gasteiger partial charge is 0.268 e. The Kier molecular flexibility index (Phi) is 5.81. The molecule has 5 nitrogen and oxygen atoms in total. The SMILES string of the molecule is COc1ccc(C2=C(SCCO)C(=O)N(C3CCCCC3)C2=O)cc1. The molecule has 1 aliphatic carbocycles. The maximum Gasteiger partial charge on any atom is 0.268 e. The van der Waals surface area contributed by atoms with Crippen LogP contribution >= 0.6 is 11.8 Å². The lowest BCUT2D eigenvalue weighted by molar-refractivity contribution is -0.139. The van der Waals surface area contributed by atoms with E-state index in [1.807, 2.05) is 12.1 Å². The quantitative estimate of drug-likeness (QED) is 0.789. The highest BCUT2D eigenvalue weighted by molar-refractivity contribution is 8.04. The Morgan fingerprint density at radius 3 is 2.40 bits per heavy atom. The van der Waals surface area contributed by atoms with Gasteiger partial charge in [-0.15, -0.1) is 11.8 Å². The molecule has 1 aromatic carbocycles. The van der Waals surface area contributed by atoms with Gasteiger partial charge < -0.3 is 9.84 Å². The molecule has 1 fully saturated rings. The molecule has 0 spiro atoms. The predicted octanol–water partition coefficient (Wildman–Crippen LogP) is 2.83. The van der Waals surface area contributed by atoms with Gasteiger partial charge in [-0.2, -0.15) is 0 Å². The average molecular weight is 361 g/mol. The lowest BCUT2D eigenvalue weighted by atomic mass is 9.94. The van der Waals surface area contributed by atoms with Crippen molar-refractivity contribution in [3.63, 3.8) is 0 Å². The monoisotopic (exact) mass is 361 g/mol. The van der Waals surface area contributed by atoms with Gasteiger partial charge in [0.2, 0.25) is 0 Å². The number of carbonyl (C=O) groups excluding carboxylic acids is 2. The van der Waals surface area contributed by atoms with Gasteiger partial charge in [0.15, 0.2) is 0 Å². The summed E-state index contributed by atoms with van der Waals surface area (Å²) >= 11 is 1.26. The molecule has 0 aromatic heterocycles. The second-order valence-electron chi connectivity index (χ2n) is 6.28. The molecule has 2 aliphatic rings. The van der Waals surface area contributed by atoms with Crippen molar-refractivity contribution in [3.05, 3.63) is 34.7 Å². The number of ether oxygens (including phenoxy) is 1. The van der Waals surface area contributed by atoms with Crippen LogP contribution in [0.1, 0.15) is 37.7 Å². The van der Waals surface area contributed by atoms with E-state index in [-0.39, 0.29) is 24.5 Å². The predicted molar refractivity (Wildman–Crippen MR) is 98.2 cm³/mol. The molecule has 0 atom stereocenters. The number of nitrogens with zero attached hydrogens (tertiary/aromatic N) is 1. The summed E-state index contributed by atoms with van der Waals surface area (Å²) in [6.07, 6.45) is 5.03. The lowest BCUT2D eigenvalue weighted by Gasteiger charge is -2.29. The first kappa shape index (κ1) is 18.0. The fraction of sp³-hybridized carbons (Fsp3) is 0.474. The molecule has 3 rings (SSSR count). The third kappa shape index (κ3) is 3.60. The topological polar surface area (TPSA) is 66.8 Å². The van der Waals surface area contributed by atoms with Gasteiger partial charge in [0.25, 0.3) is 11.8 Å². The van der Waals surface area contributed by atoms with Crippen molar-refractivity contribution < 1.29 is 19.4 Å². The van der Waals surface area contributed by atoms with Gasteiger partial charge in [0, 0.05) is 11.8 Å². The highest BCUT2D eigenvalue weighted by Crippen LogP contribution is 2.39. The van der Waals surface area contributed by atoms with E-state index in [0.29, 0.717) is 22.0 Å². The van der Waals surface area contributed by atoms with E-state index in [1.165, 1.54) is 16.7 Å². The molecule has 1 heterocycles. The fourth-order valence-corrected chi connectivity index (χ4v) is 4.36. The summed E-state index contributed by atoms with van der Waals surface area (Å²) in [5, 5.41) is 9.15. The van der Waals surface area contributed by atoms with Gasteiger partial charge in [0.05, 0.1) is 24.2 Å². The second-order valence-corrected chi connectivity index (χ2v) is 7.38. The van der Waals surface area contributed by atoms with E-state index in [9.17, 15) is 9.59 Å². The number of benzene rings is 1. The van der Waals surface area contributed by atoms with Crippen LogP contribution in [0.4, 0.5) is 0 Å². The van der Waals surface area contributed by atoms with E-state index in [0.717, 1.165) is 37.7 Å². The van der Waals surface area contributed by atoms with Crippen LogP contribution in [0.25, 0.3) is 5.57 Å². The summed E-state index contributed by atoms with van der Waals surface area (Å²) in [4.78, 5) is 27.9. The number of hydrogen-bond acceptors (Lipinski definition) is 5. The fourth-order valence-electron chi connectivity index (χ4n) is 3.49. The Morgan fingerprint density at radius 2 is 1.80 bits per heavy atom. The van der Waals surface area contributed by atoms with Gasteiger partial charge in [-0.3, -0.25) is 14.5 Å². The van der Waals surface area contributed by atoms with Crippen LogP contribution in [0.3, 0.4) is 0 Å². The average Bonchev–Trinajstić information content (AvgIpc) is 2.90. The number of imide groups is 1. The van der Waals surface area contributed by atoms with Crippen LogP contribution in [0.2, 0.25) is 0 Å². The Morgan fingerprint density at radius 1 is 1.12 bits per heavy atom. The van der Waals surface area contributed by atoms with Crippen LogP contribution in [-0.4, -0.2) is 47.3 Å². The molecule has 1 aliphatic heterocycles. The van der Waals surface area contributed by atoms with Crippen molar-refractivity contribution in [2.45, 2.75) is 38.1 Å². The van der Waals surface area contributed by atoms with Crippen LogP contribution < -0.4 is 4.74 Å². The number of methoxy groups -OCH3 is 1. The minimum absolute atomic E-state index is 0.00535. The summed E-state index contributed by atoms with van der Waals surface area (Å²) < 4.78 is 5.17. The molecule has 2 amide bonds. The number of amides is 2. The Balaban J connectivity index is 1.95. The zero-order chi connectivity index (χ0) is 17.8. The van der Waals surface area contributed by atoms with Gasteiger partial charge in [0.1, 0.15) is 5.75 Å². The molecule has 0 saturated heterocycles. The minimum Gasteiger partial charge on any atom is -0.497 e. The molecule has 134 valence electrons. The van der Waals surface area contributed by atoms with E-state index < -0.39 is 0 Å². The molecule has 6 heteroatoms. The molecule has 1 aromatic rings. The Bertz CT molecular complexity index is 677. The number of carbonyl (C=O) groups is 2. The third-order valence-corrected chi connectivity index (χ3v) is 5.78. The highest BCUT2D eigenvalue weighted by Gasteiger charge is 2.42. The van der Waals surface area contributed by atoms with Gasteiger partial charge >= 0.3 is 0 Å². The number of rotatable bonds is 6. The van der Waals surface area contributed by atoms with Crippen molar-refractivity contribution in [2.75, 3.05) is 19.5 Å². The molecule has 0 unspecified atom stereocenters. The largest absolute Gasteiger partial charge is 0.497 e. The summed E-state index contributed by atoms with van der Waals surface area (Å²) in [7, 11) is 1.59. The molecule has 0 radical (unpaired) electrons. The summed E-state index contributed by atoms with van der Waals surface area (Å²) in [6, 6.07) is 7.19.